The van der Waals surface area contributed by atoms with E-state index in [-0.39, 0.29) is 24.8 Å². The van der Waals surface area contributed by atoms with Crippen molar-refractivity contribution in [2.24, 2.45) is 0 Å². The van der Waals surface area contributed by atoms with E-state index in [1.54, 1.807) is 12.1 Å². The predicted octanol–water partition coefficient (Wildman–Crippen LogP) is 1.88. The Morgan fingerprint density at radius 1 is 1.36 bits per heavy atom. The summed E-state index contributed by atoms with van der Waals surface area (Å²) >= 11 is 0. The van der Waals surface area contributed by atoms with Crippen LogP contribution in [-0.2, 0) is 16.1 Å². The number of alkyl carbamates (subject to hydrolysis) is 1. The molecular weight excluding hydrogens is 336 g/mol. The maximum absolute atomic E-state index is 13.3. The van der Waals surface area contributed by atoms with Gasteiger partial charge < -0.3 is 20.1 Å². The number of nitrogens with one attached hydrogen (secondary N) is 2. The molecule has 0 saturated carbocycles. The van der Waals surface area contributed by atoms with Crippen molar-refractivity contribution in [3.63, 3.8) is 0 Å². The molecule has 1 fully saturated rings. The molecule has 2 aromatic rings. The van der Waals surface area contributed by atoms with E-state index < -0.39 is 29.7 Å². The van der Waals surface area contributed by atoms with Crippen molar-refractivity contribution in [1.29, 1.82) is 0 Å². The summed E-state index contributed by atoms with van der Waals surface area (Å²) in [5.41, 5.74) is 0.519. The van der Waals surface area contributed by atoms with Crippen molar-refractivity contribution < 1.29 is 27.8 Å². The third kappa shape index (κ3) is 4.00. The molecule has 1 atom stereocenters. The summed E-state index contributed by atoms with van der Waals surface area (Å²) in [4.78, 5) is 26.9. The third-order valence-electron chi connectivity index (χ3n) is 3.40. The molecule has 0 aliphatic carbocycles. The fourth-order valence-corrected chi connectivity index (χ4v) is 2.13. The first kappa shape index (κ1) is 16.6. The molecule has 0 radical (unpaired) electrons. The average Bonchev–Trinajstić information content (AvgIpc) is 3.04. The number of carbonyl (C=O) groups excluding carboxylic acids is 2. The zero-order valence-electron chi connectivity index (χ0n) is 12.8. The number of pyridine rings is 1. The Kier molecular flexibility index (Phi) is 4.73. The quantitative estimate of drug-likeness (QED) is 0.860. The summed E-state index contributed by atoms with van der Waals surface area (Å²) in [7, 11) is 0. The number of rotatable bonds is 5. The van der Waals surface area contributed by atoms with Gasteiger partial charge in [0.05, 0.1) is 0 Å². The van der Waals surface area contributed by atoms with Crippen molar-refractivity contribution in [2.75, 3.05) is 6.61 Å². The van der Waals surface area contributed by atoms with Crippen LogP contribution in [0.5, 0.6) is 11.6 Å². The highest BCUT2D eigenvalue weighted by Crippen LogP contribution is 2.24. The molecule has 0 bridgehead atoms. The van der Waals surface area contributed by atoms with E-state index in [0.29, 0.717) is 5.56 Å². The monoisotopic (exact) mass is 349 g/mol. The van der Waals surface area contributed by atoms with Gasteiger partial charge in [0.2, 0.25) is 11.8 Å². The molecule has 1 aliphatic heterocycles. The smallest absolute Gasteiger partial charge is 0.407 e. The van der Waals surface area contributed by atoms with Crippen LogP contribution in [0.25, 0.3) is 0 Å². The highest BCUT2D eigenvalue weighted by atomic mass is 19.2. The van der Waals surface area contributed by atoms with Crippen LogP contribution in [0.4, 0.5) is 13.6 Å². The summed E-state index contributed by atoms with van der Waals surface area (Å²) in [6.07, 6.45) is 0.815. The molecule has 7 nitrogen and oxygen atoms in total. The first-order chi connectivity index (χ1) is 12.0. The van der Waals surface area contributed by atoms with E-state index in [4.69, 9.17) is 4.74 Å². The fourth-order valence-electron chi connectivity index (χ4n) is 2.13. The van der Waals surface area contributed by atoms with Gasteiger partial charge in [0.15, 0.2) is 11.6 Å². The normalized spacial score (nSPS) is 16.1. The Balaban J connectivity index is 1.67. The van der Waals surface area contributed by atoms with Gasteiger partial charge in [-0.3, -0.25) is 4.79 Å². The summed E-state index contributed by atoms with van der Waals surface area (Å²) in [5, 5.41) is 4.98. The highest BCUT2D eigenvalue weighted by Gasteiger charge is 2.28. The number of hydrogen-bond donors (Lipinski definition) is 2. The molecule has 2 N–H and O–H groups in total. The first-order valence-electron chi connectivity index (χ1n) is 7.31. The van der Waals surface area contributed by atoms with E-state index in [1.165, 1.54) is 12.3 Å². The number of benzene rings is 1. The minimum absolute atomic E-state index is 0.0457. The van der Waals surface area contributed by atoms with Gasteiger partial charge in [0.25, 0.3) is 0 Å². The summed E-state index contributed by atoms with van der Waals surface area (Å²) in [6, 6.07) is 5.64. The van der Waals surface area contributed by atoms with Crippen LogP contribution in [0.15, 0.2) is 36.5 Å². The molecule has 9 heteroatoms. The summed E-state index contributed by atoms with van der Waals surface area (Å²) in [5.74, 6) is -2.24. The Morgan fingerprint density at radius 2 is 2.20 bits per heavy atom. The van der Waals surface area contributed by atoms with Crippen molar-refractivity contribution in [3.05, 3.63) is 53.7 Å². The maximum atomic E-state index is 13.3. The number of carbonyl (C=O) groups is 2. The van der Waals surface area contributed by atoms with Crippen LogP contribution in [0, 0.1) is 11.6 Å². The van der Waals surface area contributed by atoms with E-state index in [1.807, 2.05) is 0 Å². The van der Waals surface area contributed by atoms with Crippen LogP contribution in [0.3, 0.4) is 0 Å². The SMILES string of the molecule is O=C1NC(C(=O)NCc2cccnc2Oc2ccc(F)c(F)c2)CO1. The molecular formula is C16H13F2N3O4. The molecule has 1 aromatic heterocycles. The topological polar surface area (TPSA) is 89.6 Å². The third-order valence-corrected chi connectivity index (χ3v) is 3.40. The zero-order chi connectivity index (χ0) is 17.8. The van der Waals surface area contributed by atoms with Crippen molar-refractivity contribution in [2.45, 2.75) is 12.6 Å². The Hall–Kier alpha value is -3.23. The Bertz CT molecular complexity index is 816. The maximum Gasteiger partial charge on any atom is 0.407 e. The number of cyclic esters (lactones) is 1. The van der Waals surface area contributed by atoms with Gasteiger partial charge in [0.1, 0.15) is 18.4 Å². The number of nitrogens with zero attached hydrogens (tertiary/aromatic N) is 1. The lowest BCUT2D eigenvalue weighted by Crippen LogP contribution is -2.42. The highest BCUT2D eigenvalue weighted by molar-refractivity contribution is 5.87. The fraction of sp³-hybridized carbons (Fsp3) is 0.188. The molecule has 2 amide bonds. The van der Waals surface area contributed by atoms with Gasteiger partial charge in [0, 0.05) is 24.4 Å². The molecule has 1 aliphatic rings. The lowest BCUT2D eigenvalue weighted by atomic mass is 10.2. The van der Waals surface area contributed by atoms with Crippen LogP contribution in [-0.4, -0.2) is 29.6 Å². The number of hydrogen-bond acceptors (Lipinski definition) is 5. The van der Waals surface area contributed by atoms with Gasteiger partial charge in [-0.2, -0.15) is 0 Å². The molecule has 1 aromatic carbocycles. The zero-order valence-corrected chi connectivity index (χ0v) is 12.8. The Morgan fingerprint density at radius 3 is 2.92 bits per heavy atom. The molecule has 0 spiro atoms. The number of amides is 2. The van der Waals surface area contributed by atoms with Gasteiger partial charge in [-0.15, -0.1) is 0 Å². The van der Waals surface area contributed by atoms with Crippen LogP contribution < -0.4 is 15.4 Å². The largest absolute Gasteiger partial charge is 0.447 e. The van der Waals surface area contributed by atoms with E-state index >= 15 is 0 Å². The van der Waals surface area contributed by atoms with Gasteiger partial charge in [-0.1, -0.05) is 6.07 Å². The first-order valence-corrected chi connectivity index (χ1v) is 7.31. The van der Waals surface area contributed by atoms with Crippen LogP contribution in [0.1, 0.15) is 5.56 Å². The number of halogens is 2. The minimum Gasteiger partial charge on any atom is -0.447 e. The molecule has 130 valence electrons. The van der Waals surface area contributed by atoms with Crippen molar-refractivity contribution >= 4 is 12.0 Å². The van der Waals surface area contributed by atoms with E-state index in [0.717, 1.165) is 12.1 Å². The summed E-state index contributed by atoms with van der Waals surface area (Å²) < 4.78 is 36.3. The second kappa shape index (κ2) is 7.12. The lowest BCUT2D eigenvalue weighted by Gasteiger charge is -2.12. The molecule has 1 unspecified atom stereocenters. The number of ether oxygens (including phenoxy) is 2. The second-order valence-electron chi connectivity index (χ2n) is 5.16. The summed E-state index contributed by atoms with van der Waals surface area (Å²) in [6.45, 7) is 0.0218. The molecule has 25 heavy (non-hydrogen) atoms. The second-order valence-corrected chi connectivity index (χ2v) is 5.16. The predicted molar refractivity (Wildman–Crippen MR) is 80.8 cm³/mol. The lowest BCUT2D eigenvalue weighted by molar-refractivity contribution is -0.123. The van der Waals surface area contributed by atoms with Gasteiger partial charge in [-0.25, -0.2) is 18.6 Å². The van der Waals surface area contributed by atoms with Gasteiger partial charge >= 0.3 is 6.09 Å². The van der Waals surface area contributed by atoms with Crippen molar-refractivity contribution in [3.8, 4) is 11.6 Å². The molecule has 2 heterocycles. The van der Waals surface area contributed by atoms with Gasteiger partial charge in [-0.05, 0) is 18.2 Å². The van der Waals surface area contributed by atoms with Crippen LogP contribution >= 0.6 is 0 Å². The Labute approximate surface area is 141 Å². The molecule has 3 rings (SSSR count). The average molecular weight is 349 g/mol. The standard InChI is InChI=1S/C16H13F2N3O4/c17-11-4-3-10(6-12(11)18)25-15-9(2-1-5-19-15)7-20-14(22)13-8-24-16(23)21-13/h1-6,13H,7-8H2,(H,20,22)(H,21,23). The molecule has 1 saturated heterocycles. The van der Waals surface area contributed by atoms with E-state index in [2.05, 4.69) is 20.4 Å². The number of aromatic nitrogens is 1. The van der Waals surface area contributed by atoms with Crippen molar-refractivity contribution in [1.82, 2.24) is 15.6 Å². The van der Waals surface area contributed by atoms with E-state index in [9.17, 15) is 18.4 Å². The van der Waals surface area contributed by atoms with Crippen LogP contribution in [0.2, 0.25) is 0 Å². The minimum atomic E-state index is -1.04.